The summed E-state index contributed by atoms with van der Waals surface area (Å²) in [5.74, 6) is 2.41. The third kappa shape index (κ3) is 4.35. The number of hydrogen-bond donors (Lipinski definition) is 3. The number of aromatic nitrogens is 1. The lowest BCUT2D eigenvalue weighted by Gasteiger charge is -2.29. The van der Waals surface area contributed by atoms with E-state index in [-0.39, 0.29) is 24.5 Å². The Labute approximate surface area is 188 Å². The molecule has 4 rings (SSSR count). The van der Waals surface area contributed by atoms with Gasteiger partial charge in [0.2, 0.25) is 0 Å². The second-order valence-electron chi connectivity index (χ2n) is 8.82. The highest BCUT2D eigenvalue weighted by Gasteiger charge is 2.35. The molecule has 2 aromatic rings. The summed E-state index contributed by atoms with van der Waals surface area (Å²) in [6.07, 6.45) is 10.2. The first-order chi connectivity index (χ1) is 15.4. The van der Waals surface area contributed by atoms with Crippen molar-refractivity contribution in [2.45, 2.75) is 45.6 Å². The fourth-order valence-electron chi connectivity index (χ4n) is 4.68. The van der Waals surface area contributed by atoms with Crippen LogP contribution in [0.25, 0.3) is 11.6 Å². The third-order valence-corrected chi connectivity index (χ3v) is 6.40. The van der Waals surface area contributed by atoms with Gasteiger partial charge in [0, 0.05) is 29.1 Å². The smallest absolute Gasteiger partial charge is 0.259 e. The van der Waals surface area contributed by atoms with Crippen molar-refractivity contribution in [1.29, 1.82) is 0 Å². The summed E-state index contributed by atoms with van der Waals surface area (Å²) >= 11 is 0. The standard InChI is InChI=1S/C26H29N3O3/c1-4-11-27-25(31)19-7-10-21-22(14-23-16(2)12-17(3)28-23)26(32)29(24(21)13-19)15-18-5-8-20(30)9-6-18/h1,7,10,12-14,18,20,28,30H,5-6,8-9,11,15H2,2-3H3,(H,27,31)/b22-14-. The molecule has 32 heavy (non-hydrogen) atoms. The highest BCUT2D eigenvalue weighted by molar-refractivity contribution is 6.36. The molecule has 0 bridgehead atoms. The maximum Gasteiger partial charge on any atom is 0.259 e. The molecule has 2 aliphatic rings. The molecular formula is C26H29N3O3. The molecule has 1 aromatic heterocycles. The van der Waals surface area contributed by atoms with Gasteiger partial charge in [0.1, 0.15) is 0 Å². The minimum absolute atomic E-state index is 0.0565. The first-order valence-corrected chi connectivity index (χ1v) is 11.1. The SMILES string of the molecule is C#CCNC(=O)c1ccc2c(c1)N(CC1CCC(O)CC1)C(=O)/C2=C\c1[nH]c(C)cc1C. The van der Waals surface area contributed by atoms with E-state index in [2.05, 4.69) is 22.3 Å². The van der Waals surface area contributed by atoms with Gasteiger partial charge < -0.3 is 20.3 Å². The number of carbonyl (C=O) groups is 2. The van der Waals surface area contributed by atoms with E-state index >= 15 is 0 Å². The number of H-pyrrole nitrogens is 1. The number of hydrogen-bond acceptors (Lipinski definition) is 3. The Morgan fingerprint density at radius 2 is 2.03 bits per heavy atom. The van der Waals surface area contributed by atoms with Crippen LogP contribution in [-0.2, 0) is 4.79 Å². The zero-order chi connectivity index (χ0) is 22.8. The van der Waals surface area contributed by atoms with Crippen LogP contribution in [0, 0.1) is 32.1 Å². The first kappa shape index (κ1) is 21.9. The number of benzene rings is 1. The molecule has 166 valence electrons. The lowest BCUT2D eigenvalue weighted by Crippen LogP contribution is -2.34. The van der Waals surface area contributed by atoms with Gasteiger partial charge in [-0.3, -0.25) is 9.59 Å². The Bertz CT molecular complexity index is 1110. The lowest BCUT2D eigenvalue weighted by molar-refractivity contribution is -0.113. The Morgan fingerprint density at radius 3 is 2.69 bits per heavy atom. The van der Waals surface area contributed by atoms with Gasteiger partial charge in [-0.2, -0.15) is 0 Å². The summed E-state index contributed by atoms with van der Waals surface area (Å²) in [6, 6.07) is 7.42. The van der Waals surface area contributed by atoms with E-state index in [4.69, 9.17) is 6.42 Å². The molecule has 2 amide bonds. The molecule has 3 N–H and O–H groups in total. The zero-order valence-electron chi connectivity index (χ0n) is 18.6. The van der Waals surface area contributed by atoms with Crippen LogP contribution in [0.4, 0.5) is 5.69 Å². The van der Waals surface area contributed by atoms with Crippen molar-refractivity contribution in [2.24, 2.45) is 5.92 Å². The predicted molar refractivity (Wildman–Crippen MR) is 126 cm³/mol. The third-order valence-electron chi connectivity index (χ3n) is 6.40. The molecule has 0 saturated heterocycles. The van der Waals surface area contributed by atoms with Gasteiger partial charge in [-0.25, -0.2) is 0 Å². The number of amides is 2. The van der Waals surface area contributed by atoms with Crippen molar-refractivity contribution in [3.8, 4) is 12.3 Å². The molecule has 0 spiro atoms. The van der Waals surface area contributed by atoms with Crippen LogP contribution < -0.4 is 10.2 Å². The Hall–Kier alpha value is -3.30. The number of anilines is 1. The van der Waals surface area contributed by atoms with Crippen molar-refractivity contribution < 1.29 is 14.7 Å². The average molecular weight is 432 g/mol. The van der Waals surface area contributed by atoms with Crippen LogP contribution in [0.15, 0.2) is 24.3 Å². The van der Waals surface area contributed by atoms with Crippen LogP contribution in [0.1, 0.15) is 58.6 Å². The molecule has 2 heterocycles. The molecule has 6 nitrogen and oxygen atoms in total. The number of nitrogens with one attached hydrogen (secondary N) is 2. The molecule has 0 unspecified atom stereocenters. The molecule has 0 atom stereocenters. The van der Waals surface area contributed by atoms with Gasteiger partial charge in [-0.1, -0.05) is 12.0 Å². The van der Waals surface area contributed by atoms with Crippen molar-refractivity contribution in [1.82, 2.24) is 10.3 Å². The van der Waals surface area contributed by atoms with E-state index in [0.717, 1.165) is 53.9 Å². The van der Waals surface area contributed by atoms with Gasteiger partial charge in [-0.05, 0) is 75.3 Å². The maximum atomic E-state index is 13.5. The van der Waals surface area contributed by atoms with E-state index in [9.17, 15) is 14.7 Å². The lowest BCUT2D eigenvalue weighted by atomic mass is 9.87. The average Bonchev–Trinajstić information content (AvgIpc) is 3.23. The number of terminal acetylenes is 1. The number of nitrogens with zero attached hydrogens (tertiary/aromatic N) is 1. The van der Waals surface area contributed by atoms with Crippen molar-refractivity contribution in [3.63, 3.8) is 0 Å². The van der Waals surface area contributed by atoms with Crippen molar-refractivity contribution in [2.75, 3.05) is 18.0 Å². The zero-order valence-corrected chi connectivity index (χ0v) is 18.6. The highest BCUT2D eigenvalue weighted by atomic mass is 16.3. The molecule has 1 aliphatic heterocycles. The minimum atomic E-state index is -0.257. The summed E-state index contributed by atoms with van der Waals surface area (Å²) < 4.78 is 0. The summed E-state index contributed by atoms with van der Waals surface area (Å²) in [6.45, 7) is 4.73. The van der Waals surface area contributed by atoms with E-state index in [0.29, 0.717) is 23.6 Å². The van der Waals surface area contributed by atoms with Crippen LogP contribution >= 0.6 is 0 Å². The molecule has 0 radical (unpaired) electrons. The quantitative estimate of drug-likeness (QED) is 0.501. The van der Waals surface area contributed by atoms with Crippen LogP contribution in [-0.4, -0.2) is 41.1 Å². The highest BCUT2D eigenvalue weighted by Crippen LogP contribution is 2.40. The fourth-order valence-corrected chi connectivity index (χ4v) is 4.68. The van der Waals surface area contributed by atoms with E-state index in [1.807, 2.05) is 26.0 Å². The fraction of sp³-hybridized carbons (Fsp3) is 0.385. The number of fused-ring (bicyclic) bond motifs is 1. The number of aryl methyl sites for hydroxylation is 2. The second-order valence-corrected chi connectivity index (χ2v) is 8.82. The number of aliphatic hydroxyl groups is 1. The topological polar surface area (TPSA) is 85.4 Å². The molecule has 1 aliphatic carbocycles. The predicted octanol–water partition coefficient (Wildman–Crippen LogP) is 3.43. The van der Waals surface area contributed by atoms with Crippen LogP contribution in [0.5, 0.6) is 0 Å². The van der Waals surface area contributed by atoms with Crippen LogP contribution in [0.2, 0.25) is 0 Å². The molecule has 1 fully saturated rings. The number of aromatic amines is 1. The summed E-state index contributed by atoms with van der Waals surface area (Å²) in [4.78, 5) is 31.1. The van der Waals surface area contributed by atoms with E-state index < -0.39 is 0 Å². The summed E-state index contributed by atoms with van der Waals surface area (Å²) in [5, 5.41) is 12.5. The van der Waals surface area contributed by atoms with Gasteiger partial charge in [0.25, 0.3) is 11.8 Å². The molecule has 1 saturated carbocycles. The second kappa shape index (κ2) is 9.05. The minimum Gasteiger partial charge on any atom is -0.393 e. The Morgan fingerprint density at radius 1 is 1.28 bits per heavy atom. The Kier molecular flexibility index (Phi) is 6.20. The summed E-state index contributed by atoms with van der Waals surface area (Å²) in [5.41, 5.74) is 5.70. The maximum absolute atomic E-state index is 13.5. The van der Waals surface area contributed by atoms with Crippen molar-refractivity contribution >= 4 is 29.2 Å². The van der Waals surface area contributed by atoms with Gasteiger partial charge in [0.15, 0.2) is 0 Å². The number of rotatable bonds is 5. The van der Waals surface area contributed by atoms with Crippen molar-refractivity contribution in [3.05, 3.63) is 52.3 Å². The number of aliphatic hydroxyl groups excluding tert-OH is 1. The first-order valence-electron chi connectivity index (χ1n) is 11.1. The number of carbonyl (C=O) groups excluding carboxylic acids is 2. The van der Waals surface area contributed by atoms with Gasteiger partial charge in [0.05, 0.1) is 23.9 Å². The largest absolute Gasteiger partial charge is 0.393 e. The van der Waals surface area contributed by atoms with Gasteiger partial charge in [-0.15, -0.1) is 6.42 Å². The molecule has 1 aromatic carbocycles. The molecular weight excluding hydrogens is 402 g/mol. The van der Waals surface area contributed by atoms with Crippen LogP contribution in [0.3, 0.4) is 0 Å². The van der Waals surface area contributed by atoms with E-state index in [1.165, 1.54) is 0 Å². The van der Waals surface area contributed by atoms with E-state index in [1.54, 1.807) is 17.0 Å². The normalized spacial score (nSPS) is 21.5. The Balaban J connectivity index is 1.71. The summed E-state index contributed by atoms with van der Waals surface area (Å²) in [7, 11) is 0. The monoisotopic (exact) mass is 431 g/mol. The van der Waals surface area contributed by atoms with Gasteiger partial charge >= 0.3 is 0 Å². The molecule has 6 heteroatoms.